The number of nitrogens with one attached hydrogen (secondary N) is 1. The van der Waals surface area contributed by atoms with Crippen LogP contribution < -0.4 is 5.32 Å². The van der Waals surface area contributed by atoms with Gasteiger partial charge in [0.1, 0.15) is 0 Å². The molecule has 0 aromatic carbocycles. The third-order valence-corrected chi connectivity index (χ3v) is 3.49. The Hall–Kier alpha value is 0.310. The Labute approximate surface area is 115 Å². The monoisotopic (exact) mass is 277 g/mol. The predicted molar refractivity (Wildman–Crippen MR) is 82.4 cm³/mol. The first kappa shape index (κ1) is 18.3. The molecule has 0 aromatic heterocycles. The zero-order valence-electron chi connectivity index (χ0n) is 12.5. The Morgan fingerprint density at radius 2 is 1.56 bits per heavy atom. The summed E-state index contributed by atoms with van der Waals surface area (Å²) in [5.41, 5.74) is 0. The minimum Gasteiger partial charge on any atom is -0.379 e. The fourth-order valence-electron chi connectivity index (χ4n) is 1.60. The van der Waals surface area contributed by atoms with Gasteiger partial charge in [-0.25, -0.2) is 0 Å². The van der Waals surface area contributed by atoms with E-state index < -0.39 is 0 Å². The topological polar surface area (TPSA) is 30.5 Å². The van der Waals surface area contributed by atoms with Crippen LogP contribution >= 0.6 is 8.58 Å². The number of hydrogen-bond acceptors (Lipinski definition) is 3. The van der Waals surface area contributed by atoms with Crippen molar-refractivity contribution in [1.29, 1.82) is 0 Å². The van der Waals surface area contributed by atoms with Gasteiger partial charge < -0.3 is 14.8 Å². The zero-order chi connectivity index (χ0) is 13.5. The Bertz CT molecular complexity index is 157. The van der Waals surface area contributed by atoms with E-state index in [4.69, 9.17) is 9.47 Å². The van der Waals surface area contributed by atoms with Gasteiger partial charge in [0.15, 0.2) is 0 Å². The molecule has 1 atom stereocenters. The van der Waals surface area contributed by atoms with Crippen LogP contribution in [0.25, 0.3) is 0 Å². The van der Waals surface area contributed by atoms with E-state index in [0.717, 1.165) is 41.6 Å². The lowest BCUT2D eigenvalue weighted by atomic mass is 10.2. The molecule has 0 aliphatic rings. The summed E-state index contributed by atoms with van der Waals surface area (Å²) in [5.74, 6) is 0. The highest BCUT2D eigenvalue weighted by molar-refractivity contribution is 7.36. The zero-order valence-corrected chi connectivity index (χ0v) is 13.5. The molecule has 0 saturated carbocycles. The van der Waals surface area contributed by atoms with Crippen LogP contribution in [0.15, 0.2) is 0 Å². The standard InChI is InChI=1S/C14H32NO2P/c1-14(2)15-8-10-17-12-11-16-9-6-4-5-7-13-18-3/h14-15,18H,4-13H2,1-3H3. The minimum atomic E-state index is 0.540. The van der Waals surface area contributed by atoms with E-state index >= 15 is 0 Å². The van der Waals surface area contributed by atoms with Gasteiger partial charge >= 0.3 is 0 Å². The van der Waals surface area contributed by atoms with Gasteiger partial charge in [0.05, 0.1) is 19.8 Å². The maximum Gasteiger partial charge on any atom is 0.0701 e. The van der Waals surface area contributed by atoms with Crippen molar-refractivity contribution in [1.82, 2.24) is 5.32 Å². The van der Waals surface area contributed by atoms with E-state index in [1.165, 1.54) is 31.8 Å². The van der Waals surface area contributed by atoms with Crippen LogP contribution in [0.1, 0.15) is 39.5 Å². The van der Waals surface area contributed by atoms with Gasteiger partial charge in [0.2, 0.25) is 0 Å². The minimum absolute atomic E-state index is 0.540. The van der Waals surface area contributed by atoms with Crippen LogP contribution in [0.3, 0.4) is 0 Å². The van der Waals surface area contributed by atoms with Gasteiger partial charge in [-0.2, -0.15) is 0 Å². The molecule has 0 amide bonds. The lowest BCUT2D eigenvalue weighted by Crippen LogP contribution is -2.27. The molecule has 0 aliphatic carbocycles. The molecule has 0 rings (SSSR count). The molecule has 0 aromatic rings. The fourth-order valence-corrected chi connectivity index (χ4v) is 2.20. The third kappa shape index (κ3) is 16.3. The van der Waals surface area contributed by atoms with Gasteiger partial charge in [-0.15, -0.1) is 8.58 Å². The van der Waals surface area contributed by atoms with Crippen LogP contribution in [0.2, 0.25) is 0 Å². The lowest BCUT2D eigenvalue weighted by molar-refractivity contribution is 0.0470. The first-order chi connectivity index (χ1) is 8.77. The molecule has 1 N–H and O–H groups in total. The molecule has 110 valence electrons. The highest BCUT2D eigenvalue weighted by Crippen LogP contribution is 2.08. The molecule has 0 spiro atoms. The van der Waals surface area contributed by atoms with Crippen LogP contribution in [-0.4, -0.2) is 51.8 Å². The van der Waals surface area contributed by atoms with Gasteiger partial charge in [-0.3, -0.25) is 0 Å². The molecule has 0 fully saturated rings. The van der Waals surface area contributed by atoms with Gasteiger partial charge in [0, 0.05) is 19.2 Å². The summed E-state index contributed by atoms with van der Waals surface area (Å²) in [7, 11) is 1.11. The summed E-state index contributed by atoms with van der Waals surface area (Å²) in [6.45, 7) is 10.6. The first-order valence-electron chi connectivity index (χ1n) is 7.31. The molecule has 1 unspecified atom stereocenters. The largest absolute Gasteiger partial charge is 0.379 e. The molecule has 0 aliphatic heterocycles. The maximum atomic E-state index is 5.52. The molecule has 18 heavy (non-hydrogen) atoms. The second-order valence-electron chi connectivity index (χ2n) is 4.85. The van der Waals surface area contributed by atoms with E-state index in [0.29, 0.717) is 6.04 Å². The molecule has 0 radical (unpaired) electrons. The number of unbranched alkanes of at least 4 members (excludes halogenated alkanes) is 3. The highest BCUT2D eigenvalue weighted by atomic mass is 31.1. The number of ether oxygens (including phenoxy) is 2. The van der Waals surface area contributed by atoms with Crippen LogP contribution in [-0.2, 0) is 9.47 Å². The molecule has 0 bridgehead atoms. The van der Waals surface area contributed by atoms with Gasteiger partial charge in [0.25, 0.3) is 0 Å². The molecule has 4 heteroatoms. The van der Waals surface area contributed by atoms with E-state index in [1.54, 1.807) is 0 Å². The van der Waals surface area contributed by atoms with Crippen molar-refractivity contribution >= 4 is 8.58 Å². The average Bonchev–Trinajstić information content (AvgIpc) is 2.34. The normalized spacial score (nSPS) is 12.0. The molecule has 3 nitrogen and oxygen atoms in total. The van der Waals surface area contributed by atoms with Crippen molar-refractivity contribution in [2.45, 2.75) is 45.6 Å². The fraction of sp³-hybridized carbons (Fsp3) is 1.00. The Morgan fingerprint density at radius 3 is 2.22 bits per heavy atom. The third-order valence-electron chi connectivity index (χ3n) is 2.64. The van der Waals surface area contributed by atoms with Crippen LogP contribution in [0, 0.1) is 0 Å². The molecular formula is C14H32NO2P. The Morgan fingerprint density at radius 1 is 0.889 bits per heavy atom. The number of rotatable bonds is 14. The van der Waals surface area contributed by atoms with Crippen LogP contribution in [0.4, 0.5) is 0 Å². The summed E-state index contributed by atoms with van der Waals surface area (Å²) in [5, 5.41) is 3.32. The lowest BCUT2D eigenvalue weighted by Gasteiger charge is -2.08. The van der Waals surface area contributed by atoms with Crippen molar-refractivity contribution in [2.24, 2.45) is 0 Å². The van der Waals surface area contributed by atoms with E-state index in [9.17, 15) is 0 Å². The second-order valence-corrected chi connectivity index (χ2v) is 6.06. The van der Waals surface area contributed by atoms with Crippen molar-refractivity contribution in [3.8, 4) is 0 Å². The summed E-state index contributed by atoms with van der Waals surface area (Å²) >= 11 is 0. The van der Waals surface area contributed by atoms with Gasteiger partial charge in [-0.1, -0.05) is 26.7 Å². The second kappa shape index (κ2) is 15.4. The highest BCUT2D eigenvalue weighted by Gasteiger charge is 1.93. The summed E-state index contributed by atoms with van der Waals surface area (Å²) in [4.78, 5) is 0. The van der Waals surface area contributed by atoms with Gasteiger partial charge in [-0.05, 0) is 25.7 Å². The SMILES string of the molecule is CPCCCCCCOCCOCCNC(C)C. The van der Waals surface area contributed by atoms with Crippen LogP contribution in [0.5, 0.6) is 0 Å². The molecular weight excluding hydrogens is 245 g/mol. The summed E-state index contributed by atoms with van der Waals surface area (Å²) < 4.78 is 11.0. The van der Waals surface area contributed by atoms with E-state index in [2.05, 4.69) is 25.8 Å². The summed E-state index contributed by atoms with van der Waals surface area (Å²) in [6, 6.07) is 0.540. The Kier molecular flexibility index (Phi) is 15.6. The average molecular weight is 277 g/mol. The van der Waals surface area contributed by atoms with E-state index in [-0.39, 0.29) is 0 Å². The predicted octanol–water partition coefficient (Wildman–Crippen LogP) is 2.89. The summed E-state index contributed by atoms with van der Waals surface area (Å²) in [6.07, 6.45) is 6.66. The number of hydrogen-bond donors (Lipinski definition) is 1. The quantitative estimate of drug-likeness (QED) is 0.391. The van der Waals surface area contributed by atoms with Crippen molar-refractivity contribution < 1.29 is 9.47 Å². The van der Waals surface area contributed by atoms with Crippen molar-refractivity contribution in [3.63, 3.8) is 0 Å². The Balaban J connectivity index is 2.90. The maximum absolute atomic E-state index is 5.52. The molecule has 0 saturated heterocycles. The van der Waals surface area contributed by atoms with E-state index in [1.807, 2.05) is 0 Å². The van der Waals surface area contributed by atoms with Crippen molar-refractivity contribution in [3.05, 3.63) is 0 Å². The van der Waals surface area contributed by atoms with Crippen molar-refractivity contribution in [2.75, 3.05) is 45.8 Å². The molecule has 0 heterocycles. The smallest absolute Gasteiger partial charge is 0.0701 e. The first-order valence-corrected chi connectivity index (χ1v) is 9.01.